The summed E-state index contributed by atoms with van der Waals surface area (Å²) in [6.45, 7) is 1.76. The van der Waals surface area contributed by atoms with Gasteiger partial charge < -0.3 is 9.84 Å². The van der Waals surface area contributed by atoms with E-state index in [0.717, 1.165) is 16.5 Å². The summed E-state index contributed by atoms with van der Waals surface area (Å²) >= 11 is 0. The minimum atomic E-state index is -0.679. The number of benzene rings is 2. The maximum atomic E-state index is 13.3. The van der Waals surface area contributed by atoms with Crippen molar-refractivity contribution in [1.29, 1.82) is 0 Å². The first kappa shape index (κ1) is 15.9. The van der Waals surface area contributed by atoms with Crippen molar-refractivity contribution in [3.63, 3.8) is 0 Å². The number of aryl methyl sites for hydroxylation is 1. The fourth-order valence-corrected chi connectivity index (χ4v) is 2.74. The van der Waals surface area contributed by atoms with Crippen molar-refractivity contribution in [1.82, 2.24) is 4.98 Å². The minimum Gasteiger partial charge on any atom is -0.505 e. The molecule has 0 unspecified atom stereocenters. The lowest BCUT2D eigenvalue weighted by atomic mass is 9.99. The summed E-state index contributed by atoms with van der Waals surface area (Å²) in [6.07, 6.45) is 0.562. The van der Waals surface area contributed by atoms with Gasteiger partial charge >= 0.3 is 5.97 Å². The molecule has 0 aliphatic heterocycles. The lowest BCUT2D eigenvalue weighted by Crippen LogP contribution is -2.06. The van der Waals surface area contributed by atoms with Gasteiger partial charge in [0, 0.05) is 16.5 Å². The summed E-state index contributed by atoms with van der Waals surface area (Å²) in [4.78, 5) is 15.8. The Morgan fingerprint density at radius 3 is 2.62 bits per heavy atom. The molecule has 24 heavy (non-hydrogen) atoms. The fraction of sp³-hybridized carbons (Fsp3) is 0.158. The van der Waals surface area contributed by atoms with Gasteiger partial charge in [0.2, 0.25) is 0 Å². The third-order valence-electron chi connectivity index (χ3n) is 3.91. The van der Waals surface area contributed by atoms with E-state index in [-0.39, 0.29) is 17.3 Å². The number of halogens is 1. The Hall–Kier alpha value is -2.95. The van der Waals surface area contributed by atoms with Crippen molar-refractivity contribution in [2.75, 3.05) is 7.11 Å². The Balaban J connectivity index is 2.05. The first-order valence-electron chi connectivity index (χ1n) is 7.44. The van der Waals surface area contributed by atoms with Crippen LogP contribution in [0.1, 0.15) is 27.3 Å². The van der Waals surface area contributed by atoms with E-state index < -0.39 is 5.97 Å². The van der Waals surface area contributed by atoms with Crippen molar-refractivity contribution in [3.05, 3.63) is 70.8 Å². The smallest absolute Gasteiger partial charge is 0.360 e. The van der Waals surface area contributed by atoms with E-state index in [1.54, 1.807) is 19.1 Å². The van der Waals surface area contributed by atoms with E-state index >= 15 is 0 Å². The topological polar surface area (TPSA) is 59.4 Å². The van der Waals surface area contributed by atoms with Crippen LogP contribution < -0.4 is 0 Å². The molecule has 0 amide bonds. The number of aromatic nitrogens is 1. The highest BCUT2D eigenvalue weighted by molar-refractivity contribution is 6.00. The van der Waals surface area contributed by atoms with E-state index in [1.807, 2.05) is 18.2 Å². The number of carbonyl (C=O) groups is 1. The molecule has 1 aromatic heterocycles. The molecule has 1 N–H and O–H groups in total. The molecule has 2 aromatic carbocycles. The maximum Gasteiger partial charge on any atom is 0.360 e. The van der Waals surface area contributed by atoms with Crippen molar-refractivity contribution >= 4 is 16.7 Å². The summed E-state index contributed by atoms with van der Waals surface area (Å²) in [5, 5.41) is 11.6. The van der Waals surface area contributed by atoms with Crippen LogP contribution >= 0.6 is 0 Å². The predicted octanol–water partition coefficient (Wildman–Crippen LogP) is 3.77. The molecule has 0 fully saturated rings. The largest absolute Gasteiger partial charge is 0.505 e. The van der Waals surface area contributed by atoms with Crippen LogP contribution in [0.25, 0.3) is 10.8 Å². The third-order valence-corrected chi connectivity index (χ3v) is 3.91. The number of pyridine rings is 1. The number of carbonyl (C=O) groups excluding carboxylic acids is 1. The second-order valence-corrected chi connectivity index (χ2v) is 5.57. The zero-order chi connectivity index (χ0) is 17.3. The Morgan fingerprint density at radius 2 is 1.92 bits per heavy atom. The molecule has 0 saturated carbocycles. The van der Waals surface area contributed by atoms with Crippen LogP contribution in [0.15, 0.2) is 42.5 Å². The molecule has 0 radical (unpaired) electrons. The number of ether oxygens (including phenoxy) is 1. The van der Waals surface area contributed by atoms with E-state index in [1.165, 1.54) is 19.2 Å². The Morgan fingerprint density at radius 1 is 1.17 bits per heavy atom. The Labute approximate surface area is 138 Å². The molecule has 122 valence electrons. The zero-order valence-electron chi connectivity index (χ0n) is 13.3. The Kier molecular flexibility index (Phi) is 4.16. The standard InChI is InChI=1S/C19H16FNO3/c1-11-16-10-13(8-12-4-3-5-14(20)9-12)6-7-15(16)18(22)17(21-11)19(23)24-2/h3-7,9-10,22H,8H2,1-2H3. The third kappa shape index (κ3) is 2.93. The van der Waals surface area contributed by atoms with E-state index in [0.29, 0.717) is 17.5 Å². The highest BCUT2D eigenvalue weighted by atomic mass is 19.1. The number of rotatable bonds is 3. The summed E-state index contributed by atoms with van der Waals surface area (Å²) in [6, 6.07) is 11.9. The molecule has 0 bridgehead atoms. The molecule has 0 spiro atoms. The maximum absolute atomic E-state index is 13.3. The molecule has 0 aliphatic carbocycles. The minimum absolute atomic E-state index is 0.0969. The quantitative estimate of drug-likeness (QED) is 0.745. The van der Waals surface area contributed by atoms with Crippen molar-refractivity contribution < 1.29 is 19.0 Å². The van der Waals surface area contributed by atoms with Gasteiger partial charge in [-0.15, -0.1) is 0 Å². The molecule has 4 nitrogen and oxygen atoms in total. The summed E-state index contributed by atoms with van der Waals surface area (Å²) in [5.74, 6) is -1.15. The molecule has 5 heteroatoms. The molecule has 1 heterocycles. The first-order chi connectivity index (χ1) is 11.5. The molecule has 0 aliphatic rings. The highest BCUT2D eigenvalue weighted by Crippen LogP contribution is 2.31. The van der Waals surface area contributed by atoms with Crippen LogP contribution in [-0.2, 0) is 11.2 Å². The monoisotopic (exact) mass is 325 g/mol. The van der Waals surface area contributed by atoms with Gasteiger partial charge in [0.05, 0.1) is 7.11 Å². The summed E-state index contributed by atoms with van der Waals surface area (Å²) in [7, 11) is 1.24. The van der Waals surface area contributed by atoms with Crippen molar-refractivity contribution in [2.45, 2.75) is 13.3 Å². The molecule has 0 atom stereocenters. The summed E-state index contributed by atoms with van der Waals surface area (Å²) in [5.41, 5.74) is 2.34. The number of fused-ring (bicyclic) bond motifs is 1. The predicted molar refractivity (Wildman–Crippen MR) is 88.7 cm³/mol. The molecule has 3 rings (SSSR count). The second kappa shape index (κ2) is 6.28. The molecule has 0 saturated heterocycles. The van der Waals surface area contributed by atoms with E-state index in [9.17, 15) is 14.3 Å². The van der Waals surface area contributed by atoms with Crippen LogP contribution in [0.4, 0.5) is 4.39 Å². The number of esters is 1. The van der Waals surface area contributed by atoms with Crippen LogP contribution in [-0.4, -0.2) is 23.2 Å². The van der Waals surface area contributed by atoms with Gasteiger partial charge in [-0.2, -0.15) is 0 Å². The van der Waals surface area contributed by atoms with Crippen molar-refractivity contribution in [2.24, 2.45) is 0 Å². The Bertz CT molecular complexity index is 937. The number of methoxy groups -OCH3 is 1. The van der Waals surface area contributed by atoms with Gasteiger partial charge in [-0.05, 0) is 42.7 Å². The average molecular weight is 325 g/mol. The van der Waals surface area contributed by atoms with Gasteiger partial charge in [0.1, 0.15) is 5.82 Å². The van der Waals surface area contributed by atoms with Gasteiger partial charge in [-0.3, -0.25) is 0 Å². The van der Waals surface area contributed by atoms with Gasteiger partial charge in [-0.25, -0.2) is 14.2 Å². The fourth-order valence-electron chi connectivity index (χ4n) is 2.74. The van der Waals surface area contributed by atoms with Gasteiger partial charge in [0.25, 0.3) is 0 Å². The van der Waals surface area contributed by atoms with Crippen LogP contribution in [0.5, 0.6) is 5.75 Å². The van der Waals surface area contributed by atoms with Crippen LogP contribution in [0.2, 0.25) is 0 Å². The van der Waals surface area contributed by atoms with Gasteiger partial charge in [-0.1, -0.05) is 24.3 Å². The van der Waals surface area contributed by atoms with Crippen LogP contribution in [0, 0.1) is 12.7 Å². The number of aromatic hydroxyl groups is 1. The van der Waals surface area contributed by atoms with E-state index in [2.05, 4.69) is 9.72 Å². The van der Waals surface area contributed by atoms with Crippen LogP contribution in [0.3, 0.4) is 0 Å². The number of nitrogens with zero attached hydrogens (tertiary/aromatic N) is 1. The SMILES string of the molecule is COC(=O)c1nc(C)c2cc(Cc3cccc(F)c3)ccc2c1O. The lowest BCUT2D eigenvalue weighted by Gasteiger charge is -2.10. The van der Waals surface area contributed by atoms with Crippen molar-refractivity contribution in [3.8, 4) is 5.75 Å². The number of hydrogen-bond donors (Lipinski definition) is 1. The van der Waals surface area contributed by atoms with E-state index in [4.69, 9.17) is 0 Å². The van der Waals surface area contributed by atoms with Gasteiger partial charge in [0.15, 0.2) is 11.4 Å². The normalized spacial score (nSPS) is 10.8. The number of hydrogen-bond acceptors (Lipinski definition) is 4. The first-order valence-corrected chi connectivity index (χ1v) is 7.44. The zero-order valence-corrected chi connectivity index (χ0v) is 13.3. The second-order valence-electron chi connectivity index (χ2n) is 5.57. The molecular formula is C19H16FNO3. The highest BCUT2D eigenvalue weighted by Gasteiger charge is 2.18. The molecule has 3 aromatic rings. The summed E-state index contributed by atoms with van der Waals surface area (Å²) < 4.78 is 17.9. The lowest BCUT2D eigenvalue weighted by molar-refractivity contribution is 0.0590. The average Bonchev–Trinajstić information content (AvgIpc) is 2.57. The molecular weight excluding hydrogens is 309 g/mol.